The number of rotatable bonds is 5. The van der Waals surface area contributed by atoms with Crippen molar-refractivity contribution in [3.63, 3.8) is 0 Å². The largest absolute Gasteiger partial charge is 0.408 e. The first-order chi connectivity index (χ1) is 12.2. The number of hydrogen-bond acceptors (Lipinski definition) is 4. The molecule has 1 aromatic heterocycles. The SMILES string of the molecule is CC.NC(=O)C1CCCN1C(=O)CNC(=O)c1ccn(CC(F)(F)F)n1.[HH].[HH]. The minimum absolute atomic E-state index is 0. The first-order valence-corrected chi connectivity index (χ1v) is 8.14. The number of likely N-dealkylation sites (tertiary alicyclic amines) is 1. The van der Waals surface area contributed by atoms with Crippen LogP contribution in [0.25, 0.3) is 0 Å². The highest BCUT2D eigenvalue weighted by Crippen LogP contribution is 2.17. The molecule has 8 nitrogen and oxygen atoms in total. The molecule has 0 saturated carbocycles. The van der Waals surface area contributed by atoms with Gasteiger partial charge in [-0.1, -0.05) is 13.8 Å². The summed E-state index contributed by atoms with van der Waals surface area (Å²) in [5.74, 6) is -1.88. The van der Waals surface area contributed by atoms with Gasteiger partial charge in [-0.25, -0.2) is 0 Å². The summed E-state index contributed by atoms with van der Waals surface area (Å²) < 4.78 is 37.3. The van der Waals surface area contributed by atoms with E-state index in [4.69, 9.17) is 5.73 Å². The van der Waals surface area contributed by atoms with Crippen LogP contribution in [0.3, 0.4) is 0 Å². The van der Waals surface area contributed by atoms with Crippen LogP contribution >= 0.6 is 0 Å². The van der Waals surface area contributed by atoms with Gasteiger partial charge in [0.25, 0.3) is 5.91 Å². The molecule has 11 heteroatoms. The van der Waals surface area contributed by atoms with Crippen molar-refractivity contribution in [2.45, 2.75) is 45.5 Å². The molecule has 1 aromatic rings. The molecule has 0 spiro atoms. The third-order valence-corrected chi connectivity index (χ3v) is 3.52. The number of alkyl halides is 3. The fraction of sp³-hybridized carbons (Fsp3) is 0.600. The van der Waals surface area contributed by atoms with E-state index in [1.54, 1.807) is 0 Å². The summed E-state index contributed by atoms with van der Waals surface area (Å²) in [4.78, 5) is 36.4. The van der Waals surface area contributed by atoms with Gasteiger partial charge in [-0.15, -0.1) is 0 Å². The molecular formula is C15H26F3N5O3. The van der Waals surface area contributed by atoms with Crippen molar-refractivity contribution >= 4 is 17.7 Å². The first-order valence-electron chi connectivity index (χ1n) is 8.14. The molecule has 1 atom stereocenters. The molecule has 3 amide bonds. The number of primary amides is 1. The Morgan fingerprint density at radius 2 is 2.04 bits per heavy atom. The normalized spacial score (nSPS) is 16.7. The van der Waals surface area contributed by atoms with Crippen LogP contribution < -0.4 is 11.1 Å². The van der Waals surface area contributed by atoms with E-state index in [0.29, 0.717) is 24.1 Å². The van der Waals surface area contributed by atoms with Crippen LogP contribution in [0.2, 0.25) is 0 Å². The van der Waals surface area contributed by atoms with Crippen molar-refractivity contribution in [1.29, 1.82) is 0 Å². The Balaban J connectivity index is 0. The van der Waals surface area contributed by atoms with E-state index in [0.717, 1.165) is 12.3 Å². The smallest absolute Gasteiger partial charge is 0.368 e. The monoisotopic (exact) mass is 381 g/mol. The van der Waals surface area contributed by atoms with Gasteiger partial charge in [0.1, 0.15) is 18.3 Å². The van der Waals surface area contributed by atoms with Crippen molar-refractivity contribution < 1.29 is 30.4 Å². The van der Waals surface area contributed by atoms with E-state index >= 15 is 0 Å². The van der Waals surface area contributed by atoms with E-state index in [1.165, 1.54) is 4.90 Å². The molecule has 1 aliphatic rings. The van der Waals surface area contributed by atoms with Gasteiger partial charge in [-0.3, -0.25) is 19.1 Å². The maximum atomic E-state index is 12.2. The fourth-order valence-corrected chi connectivity index (χ4v) is 2.46. The highest BCUT2D eigenvalue weighted by Gasteiger charge is 2.32. The molecule has 150 valence electrons. The quantitative estimate of drug-likeness (QED) is 0.798. The van der Waals surface area contributed by atoms with Crippen LogP contribution in [0.15, 0.2) is 12.3 Å². The van der Waals surface area contributed by atoms with Crippen LogP contribution in [0.5, 0.6) is 0 Å². The maximum absolute atomic E-state index is 12.2. The fourth-order valence-electron chi connectivity index (χ4n) is 2.46. The van der Waals surface area contributed by atoms with Crippen molar-refractivity contribution in [1.82, 2.24) is 20.0 Å². The van der Waals surface area contributed by atoms with Gasteiger partial charge >= 0.3 is 6.18 Å². The molecule has 0 bridgehead atoms. The first kappa shape index (κ1) is 21.5. The lowest BCUT2D eigenvalue weighted by atomic mass is 10.2. The maximum Gasteiger partial charge on any atom is 0.408 e. The number of nitrogens with zero attached hydrogens (tertiary/aromatic N) is 3. The van der Waals surface area contributed by atoms with Crippen molar-refractivity contribution in [2.75, 3.05) is 13.1 Å². The van der Waals surface area contributed by atoms with Crippen LogP contribution in [-0.2, 0) is 16.1 Å². The molecule has 0 aliphatic carbocycles. The van der Waals surface area contributed by atoms with Gasteiger partial charge in [-0.2, -0.15) is 18.3 Å². The Kier molecular flexibility index (Phi) is 7.59. The molecule has 1 aliphatic heterocycles. The minimum atomic E-state index is -4.45. The second-order valence-corrected chi connectivity index (χ2v) is 5.34. The topological polar surface area (TPSA) is 110 Å². The molecule has 1 fully saturated rings. The van der Waals surface area contributed by atoms with Crippen LogP contribution in [-0.4, -0.2) is 57.7 Å². The minimum Gasteiger partial charge on any atom is -0.368 e. The number of nitrogens with one attached hydrogen (secondary N) is 1. The second kappa shape index (κ2) is 9.20. The Bertz CT molecular complexity index is 655. The molecule has 26 heavy (non-hydrogen) atoms. The van der Waals surface area contributed by atoms with E-state index < -0.39 is 43.0 Å². The number of aromatic nitrogens is 2. The molecule has 2 heterocycles. The molecule has 3 N–H and O–H groups in total. The van der Waals surface area contributed by atoms with Crippen molar-refractivity contribution in [3.05, 3.63) is 18.0 Å². The lowest BCUT2D eigenvalue weighted by Gasteiger charge is -2.22. The van der Waals surface area contributed by atoms with Gasteiger partial charge in [0, 0.05) is 15.6 Å². The number of hydrogen-bond donors (Lipinski definition) is 2. The van der Waals surface area contributed by atoms with Gasteiger partial charge in [-0.05, 0) is 18.9 Å². The number of nitrogens with two attached hydrogens (primary N) is 1. The van der Waals surface area contributed by atoms with Gasteiger partial charge < -0.3 is 16.0 Å². The highest BCUT2D eigenvalue weighted by atomic mass is 19.4. The van der Waals surface area contributed by atoms with Gasteiger partial charge in [0.2, 0.25) is 11.8 Å². The lowest BCUT2D eigenvalue weighted by Crippen LogP contribution is -2.47. The Morgan fingerprint density at radius 1 is 1.38 bits per heavy atom. The van der Waals surface area contributed by atoms with Crippen LogP contribution in [0.1, 0.15) is 40.0 Å². The zero-order chi connectivity index (χ0) is 19.9. The van der Waals surface area contributed by atoms with E-state index in [2.05, 4.69) is 10.4 Å². The predicted molar refractivity (Wildman–Crippen MR) is 90.1 cm³/mol. The number of carbonyl (C=O) groups excluding carboxylic acids is 3. The van der Waals surface area contributed by atoms with Gasteiger partial charge in [0.05, 0.1) is 6.54 Å². The average molecular weight is 381 g/mol. The second-order valence-electron chi connectivity index (χ2n) is 5.34. The molecule has 0 aromatic carbocycles. The van der Waals surface area contributed by atoms with Crippen molar-refractivity contribution in [3.8, 4) is 0 Å². The highest BCUT2D eigenvalue weighted by molar-refractivity contribution is 5.95. The Labute approximate surface area is 151 Å². The standard InChI is InChI=1S/C13H16F3N5O3.C2H6.2H2/c14-13(15,16)7-20-5-3-8(19-20)12(24)18-6-10(22)21-4-1-2-9(21)11(17)23;1-2;;/h3,5,9H,1-2,4,6-7H2,(H2,17,23)(H,18,24);1-2H3;2*1H. The van der Waals surface area contributed by atoms with Crippen molar-refractivity contribution in [2.24, 2.45) is 5.73 Å². The Hall–Kier alpha value is -2.59. The zero-order valence-corrected chi connectivity index (χ0v) is 14.5. The third-order valence-electron chi connectivity index (χ3n) is 3.52. The van der Waals surface area contributed by atoms with Crippen LogP contribution in [0, 0.1) is 0 Å². The zero-order valence-electron chi connectivity index (χ0n) is 14.5. The number of halogens is 3. The number of carbonyl (C=O) groups is 3. The molecular weight excluding hydrogens is 355 g/mol. The molecule has 0 radical (unpaired) electrons. The van der Waals surface area contributed by atoms with E-state index in [9.17, 15) is 27.6 Å². The summed E-state index contributed by atoms with van der Waals surface area (Å²) in [5, 5.41) is 5.77. The summed E-state index contributed by atoms with van der Waals surface area (Å²) in [5.41, 5.74) is 4.97. The summed E-state index contributed by atoms with van der Waals surface area (Å²) in [6.07, 6.45) is -2.32. The molecule has 1 unspecified atom stereocenters. The lowest BCUT2D eigenvalue weighted by molar-refractivity contribution is -0.142. The van der Waals surface area contributed by atoms with E-state index in [-0.39, 0.29) is 8.55 Å². The molecule has 1 saturated heterocycles. The van der Waals surface area contributed by atoms with E-state index in [1.807, 2.05) is 13.8 Å². The molecule has 2 rings (SSSR count). The number of amides is 3. The predicted octanol–water partition coefficient (Wildman–Crippen LogP) is 1.17. The average Bonchev–Trinajstić information content (AvgIpc) is 3.21. The third kappa shape index (κ3) is 6.05. The summed E-state index contributed by atoms with van der Waals surface area (Å²) in [7, 11) is 0. The Morgan fingerprint density at radius 3 is 2.62 bits per heavy atom. The summed E-state index contributed by atoms with van der Waals surface area (Å²) in [6.45, 7) is 2.66. The summed E-state index contributed by atoms with van der Waals surface area (Å²) in [6, 6.07) is 0.425. The summed E-state index contributed by atoms with van der Waals surface area (Å²) >= 11 is 0. The van der Waals surface area contributed by atoms with Crippen LogP contribution in [0.4, 0.5) is 13.2 Å². The van der Waals surface area contributed by atoms with Gasteiger partial charge in [0.15, 0.2) is 0 Å².